The summed E-state index contributed by atoms with van der Waals surface area (Å²) in [7, 11) is 0. The van der Waals surface area contributed by atoms with Gasteiger partial charge in [0.05, 0.1) is 6.04 Å². The fraction of sp³-hybridized carbons (Fsp3) is 0.438. The zero-order valence-electron chi connectivity index (χ0n) is 11.6. The number of H-pyrrole nitrogens is 1. The largest absolute Gasteiger partial charge is 0.299 e. The van der Waals surface area contributed by atoms with Gasteiger partial charge in [-0.2, -0.15) is 0 Å². The first kappa shape index (κ1) is 12.3. The second kappa shape index (κ2) is 4.72. The minimum Gasteiger partial charge on any atom is -0.299 e. The van der Waals surface area contributed by atoms with Crippen molar-refractivity contribution in [2.75, 3.05) is 0 Å². The van der Waals surface area contributed by atoms with E-state index in [0.717, 1.165) is 5.69 Å². The molecule has 1 aliphatic rings. The van der Waals surface area contributed by atoms with Crippen LogP contribution >= 0.6 is 0 Å². The molecule has 100 valence electrons. The van der Waals surface area contributed by atoms with E-state index in [-0.39, 0.29) is 11.6 Å². The van der Waals surface area contributed by atoms with E-state index in [0.29, 0.717) is 0 Å². The molecule has 0 amide bonds. The Labute approximate surface area is 113 Å². The van der Waals surface area contributed by atoms with Gasteiger partial charge >= 0.3 is 0 Å². The maximum absolute atomic E-state index is 11.9. The molecule has 0 radical (unpaired) electrons. The molecule has 1 aliphatic carbocycles. The van der Waals surface area contributed by atoms with E-state index >= 15 is 0 Å². The Kier molecular flexibility index (Phi) is 3.05. The molecule has 3 rings (SSSR count). The number of nitrogens with zero attached hydrogens (tertiary/aromatic N) is 1. The lowest BCUT2D eigenvalue weighted by Crippen LogP contribution is -2.21. The van der Waals surface area contributed by atoms with Gasteiger partial charge in [-0.3, -0.25) is 9.89 Å². The van der Waals surface area contributed by atoms with Gasteiger partial charge < -0.3 is 0 Å². The first-order valence-corrected chi connectivity index (χ1v) is 7.05. The van der Waals surface area contributed by atoms with Crippen molar-refractivity contribution in [3.8, 4) is 0 Å². The van der Waals surface area contributed by atoms with Crippen LogP contribution in [-0.4, -0.2) is 9.78 Å². The molecule has 3 heteroatoms. The molecule has 2 aromatic rings. The van der Waals surface area contributed by atoms with Crippen LogP contribution in [0.5, 0.6) is 0 Å². The van der Waals surface area contributed by atoms with Crippen LogP contribution in [0.1, 0.15) is 48.2 Å². The number of nitrogens with one attached hydrogen (secondary N) is 1. The summed E-state index contributed by atoms with van der Waals surface area (Å²) in [5.41, 5.74) is 5.12. The van der Waals surface area contributed by atoms with Crippen molar-refractivity contribution < 1.29 is 0 Å². The highest BCUT2D eigenvalue weighted by Gasteiger charge is 2.15. The topological polar surface area (TPSA) is 37.8 Å². The Balaban J connectivity index is 1.98. The standard InChI is InChI=1S/C16H20N2O/c1-11-9-16(19)18(17-11)12(2)14-8-7-13-5-3-4-6-15(13)10-14/h7-10,12,17H,3-6H2,1-2H3. The minimum absolute atomic E-state index is 0.0442. The van der Waals surface area contributed by atoms with Crippen molar-refractivity contribution in [3.63, 3.8) is 0 Å². The predicted octanol–water partition coefficient (Wildman–Crippen LogP) is 2.97. The van der Waals surface area contributed by atoms with Gasteiger partial charge in [0.25, 0.3) is 5.56 Å². The van der Waals surface area contributed by atoms with Crippen molar-refractivity contribution in [3.05, 3.63) is 57.0 Å². The van der Waals surface area contributed by atoms with Crippen LogP contribution in [0.4, 0.5) is 0 Å². The number of hydrogen-bond acceptors (Lipinski definition) is 1. The number of aromatic nitrogens is 2. The molecular weight excluding hydrogens is 236 g/mol. The fourth-order valence-electron chi connectivity index (χ4n) is 2.98. The lowest BCUT2D eigenvalue weighted by Gasteiger charge is -2.19. The maximum Gasteiger partial charge on any atom is 0.267 e. The van der Waals surface area contributed by atoms with Gasteiger partial charge in [-0.05, 0) is 56.2 Å². The zero-order chi connectivity index (χ0) is 13.4. The second-order valence-corrected chi connectivity index (χ2v) is 5.56. The smallest absolute Gasteiger partial charge is 0.267 e. The molecule has 19 heavy (non-hydrogen) atoms. The van der Waals surface area contributed by atoms with Crippen molar-refractivity contribution in [1.82, 2.24) is 9.78 Å². The number of fused-ring (bicyclic) bond motifs is 1. The average Bonchev–Trinajstić information content (AvgIpc) is 2.76. The third-order valence-electron chi connectivity index (χ3n) is 4.12. The zero-order valence-corrected chi connectivity index (χ0v) is 11.6. The van der Waals surface area contributed by atoms with Gasteiger partial charge in [-0.15, -0.1) is 0 Å². The first-order chi connectivity index (χ1) is 9.15. The summed E-state index contributed by atoms with van der Waals surface area (Å²) in [4.78, 5) is 11.9. The fourth-order valence-corrected chi connectivity index (χ4v) is 2.98. The highest BCUT2D eigenvalue weighted by atomic mass is 16.1. The predicted molar refractivity (Wildman–Crippen MR) is 76.7 cm³/mol. The molecule has 1 aromatic carbocycles. The molecule has 1 aromatic heterocycles. The molecule has 1 atom stereocenters. The number of aromatic amines is 1. The highest BCUT2D eigenvalue weighted by molar-refractivity contribution is 5.35. The summed E-state index contributed by atoms with van der Waals surface area (Å²) in [5.74, 6) is 0. The molecule has 1 N–H and O–H groups in total. The van der Waals surface area contributed by atoms with Gasteiger partial charge in [0.1, 0.15) is 0 Å². The Bertz CT molecular complexity index is 651. The molecular formula is C16H20N2O. The SMILES string of the molecule is Cc1cc(=O)n(C(C)c2ccc3c(c2)CCCC3)[nH]1. The minimum atomic E-state index is 0.0442. The van der Waals surface area contributed by atoms with Crippen molar-refractivity contribution in [2.24, 2.45) is 0 Å². The first-order valence-electron chi connectivity index (χ1n) is 7.05. The van der Waals surface area contributed by atoms with Crippen LogP contribution in [0.25, 0.3) is 0 Å². The van der Waals surface area contributed by atoms with Crippen LogP contribution in [0, 0.1) is 6.92 Å². The summed E-state index contributed by atoms with van der Waals surface area (Å²) in [6.45, 7) is 3.99. The molecule has 0 fully saturated rings. The van der Waals surface area contributed by atoms with Crippen LogP contribution in [0.15, 0.2) is 29.1 Å². The third-order valence-corrected chi connectivity index (χ3v) is 4.12. The van der Waals surface area contributed by atoms with E-state index in [4.69, 9.17) is 0 Å². The number of benzene rings is 1. The van der Waals surface area contributed by atoms with Gasteiger partial charge in [-0.25, -0.2) is 4.68 Å². The van der Waals surface area contributed by atoms with Crippen LogP contribution in [0.2, 0.25) is 0 Å². The van der Waals surface area contributed by atoms with Crippen molar-refractivity contribution in [2.45, 2.75) is 45.6 Å². The van der Waals surface area contributed by atoms with E-state index in [1.165, 1.54) is 42.4 Å². The average molecular weight is 256 g/mol. The van der Waals surface area contributed by atoms with Gasteiger partial charge in [0, 0.05) is 11.8 Å². The monoisotopic (exact) mass is 256 g/mol. The molecule has 3 nitrogen and oxygen atoms in total. The molecule has 0 saturated carbocycles. The summed E-state index contributed by atoms with van der Waals surface area (Å²) >= 11 is 0. The molecule has 0 aliphatic heterocycles. The Morgan fingerprint density at radius 2 is 1.89 bits per heavy atom. The van der Waals surface area contributed by atoms with E-state index < -0.39 is 0 Å². The molecule has 1 unspecified atom stereocenters. The number of rotatable bonds is 2. The summed E-state index contributed by atoms with van der Waals surface area (Å²) in [5, 5.41) is 3.13. The Hall–Kier alpha value is -1.77. The van der Waals surface area contributed by atoms with Gasteiger partial charge in [0.2, 0.25) is 0 Å². The highest BCUT2D eigenvalue weighted by Crippen LogP contribution is 2.25. The summed E-state index contributed by atoms with van der Waals surface area (Å²) < 4.78 is 1.71. The third kappa shape index (κ3) is 2.25. The maximum atomic E-state index is 11.9. The summed E-state index contributed by atoms with van der Waals surface area (Å²) in [6, 6.07) is 8.39. The van der Waals surface area contributed by atoms with E-state index in [9.17, 15) is 4.79 Å². The van der Waals surface area contributed by atoms with Gasteiger partial charge in [-0.1, -0.05) is 18.2 Å². The number of aryl methyl sites for hydroxylation is 3. The molecule has 0 bridgehead atoms. The quantitative estimate of drug-likeness (QED) is 0.881. The molecule has 0 saturated heterocycles. The normalized spacial score (nSPS) is 16.1. The van der Waals surface area contributed by atoms with E-state index in [1.54, 1.807) is 10.7 Å². The van der Waals surface area contributed by atoms with Gasteiger partial charge in [0.15, 0.2) is 0 Å². The second-order valence-electron chi connectivity index (χ2n) is 5.56. The lowest BCUT2D eigenvalue weighted by molar-refractivity contribution is 0.542. The Morgan fingerprint density at radius 1 is 1.16 bits per heavy atom. The van der Waals surface area contributed by atoms with Crippen molar-refractivity contribution in [1.29, 1.82) is 0 Å². The molecule has 1 heterocycles. The summed E-state index contributed by atoms with van der Waals surface area (Å²) in [6.07, 6.45) is 4.96. The Morgan fingerprint density at radius 3 is 2.58 bits per heavy atom. The lowest BCUT2D eigenvalue weighted by atomic mass is 9.89. The van der Waals surface area contributed by atoms with Crippen LogP contribution in [-0.2, 0) is 12.8 Å². The van der Waals surface area contributed by atoms with E-state index in [2.05, 4.69) is 30.2 Å². The van der Waals surface area contributed by atoms with Crippen LogP contribution < -0.4 is 5.56 Å². The number of hydrogen-bond donors (Lipinski definition) is 1. The van der Waals surface area contributed by atoms with Crippen molar-refractivity contribution >= 4 is 0 Å². The van der Waals surface area contributed by atoms with Crippen LogP contribution in [0.3, 0.4) is 0 Å². The van der Waals surface area contributed by atoms with E-state index in [1.807, 2.05) is 6.92 Å². The molecule has 0 spiro atoms.